The second-order valence-corrected chi connectivity index (χ2v) is 4.22. The predicted molar refractivity (Wildman–Crippen MR) is 59.4 cm³/mol. The number of ether oxygens (including phenoxy) is 1. The van der Waals surface area contributed by atoms with E-state index in [1.165, 1.54) is 0 Å². The number of hydrogen-bond donors (Lipinski definition) is 1. The third-order valence-corrected chi connectivity index (χ3v) is 2.85. The summed E-state index contributed by atoms with van der Waals surface area (Å²) in [5.41, 5.74) is 5.95. The van der Waals surface area contributed by atoms with E-state index >= 15 is 0 Å². The Kier molecular flexibility index (Phi) is 5.05. The Morgan fingerprint density at radius 2 is 2.20 bits per heavy atom. The van der Waals surface area contributed by atoms with Gasteiger partial charge in [-0.3, -0.25) is 4.79 Å². The normalized spacial score (nSPS) is 27.7. The Labute approximate surface area is 91.8 Å². The van der Waals surface area contributed by atoms with Crippen molar-refractivity contribution >= 4 is 5.97 Å². The van der Waals surface area contributed by atoms with Gasteiger partial charge in [-0.1, -0.05) is 6.92 Å². The van der Waals surface area contributed by atoms with Gasteiger partial charge in [0.15, 0.2) is 0 Å². The highest BCUT2D eigenvalue weighted by Gasteiger charge is 2.26. The molecule has 0 aromatic heterocycles. The summed E-state index contributed by atoms with van der Waals surface area (Å²) in [7, 11) is 0. The zero-order valence-electron chi connectivity index (χ0n) is 9.74. The zero-order chi connectivity index (χ0) is 11.3. The van der Waals surface area contributed by atoms with Crippen molar-refractivity contribution < 1.29 is 9.53 Å². The van der Waals surface area contributed by atoms with Gasteiger partial charge in [-0.15, -0.1) is 0 Å². The Bertz CT molecular complexity index is 209. The van der Waals surface area contributed by atoms with Gasteiger partial charge in [0, 0.05) is 25.6 Å². The lowest BCUT2D eigenvalue weighted by Crippen LogP contribution is -2.47. The van der Waals surface area contributed by atoms with Crippen molar-refractivity contribution in [3.63, 3.8) is 0 Å². The number of hydrogen-bond acceptors (Lipinski definition) is 4. The SMILES string of the molecule is CCOC(=O)CC1CC(N)CN(CC)C1. The summed E-state index contributed by atoms with van der Waals surface area (Å²) in [5.74, 6) is 0.278. The molecule has 2 atom stereocenters. The lowest BCUT2D eigenvalue weighted by Gasteiger charge is -2.35. The number of nitrogens with two attached hydrogens (primary N) is 1. The highest BCUT2D eigenvalue weighted by molar-refractivity contribution is 5.69. The lowest BCUT2D eigenvalue weighted by atomic mass is 9.92. The fourth-order valence-corrected chi connectivity index (χ4v) is 2.21. The molecule has 1 rings (SSSR count). The molecule has 0 saturated carbocycles. The largest absolute Gasteiger partial charge is 0.466 e. The van der Waals surface area contributed by atoms with Gasteiger partial charge >= 0.3 is 5.97 Å². The summed E-state index contributed by atoms with van der Waals surface area (Å²) >= 11 is 0. The molecule has 1 aliphatic heterocycles. The van der Waals surface area contributed by atoms with Gasteiger partial charge in [0.05, 0.1) is 6.61 Å². The molecular weight excluding hydrogens is 192 g/mol. The zero-order valence-corrected chi connectivity index (χ0v) is 9.74. The van der Waals surface area contributed by atoms with Crippen molar-refractivity contribution in [3.05, 3.63) is 0 Å². The van der Waals surface area contributed by atoms with E-state index < -0.39 is 0 Å². The van der Waals surface area contributed by atoms with Gasteiger partial charge in [0.2, 0.25) is 0 Å². The number of rotatable bonds is 4. The number of likely N-dealkylation sites (tertiary alicyclic amines) is 1. The van der Waals surface area contributed by atoms with Crippen LogP contribution < -0.4 is 5.73 Å². The third-order valence-electron chi connectivity index (χ3n) is 2.85. The molecular formula is C11H22N2O2. The summed E-state index contributed by atoms with van der Waals surface area (Å²) in [5, 5.41) is 0. The van der Waals surface area contributed by atoms with Crippen molar-refractivity contribution in [1.29, 1.82) is 0 Å². The molecule has 1 saturated heterocycles. The minimum absolute atomic E-state index is 0.0901. The molecule has 1 fully saturated rings. The molecule has 0 aromatic carbocycles. The van der Waals surface area contributed by atoms with E-state index in [2.05, 4.69) is 11.8 Å². The maximum absolute atomic E-state index is 11.3. The minimum Gasteiger partial charge on any atom is -0.466 e. The van der Waals surface area contributed by atoms with E-state index in [9.17, 15) is 4.79 Å². The number of carbonyl (C=O) groups excluding carboxylic acids is 1. The first-order chi connectivity index (χ1) is 7.15. The summed E-state index contributed by atoms with van der Waals surface area (Å²) in [4.78, 5) is 13.6. The van der Waals surface area contributed by atoms with E-state index in [-0.39, 0.29) is 12.0 Å². The second kappa shape index (κ2) is 6.08. The highest BCUT2D eigenvalue weighted by atomic mass is 16.5. The maximum atomic E-state index is 11.3. The van der Waals surface area contributed by atoms with Crippen LogP contribution >= 0.6 is 0 Å². The number of esters is 1. The van der Waals surface area contributed by atoms with Gasteiger partial charge in [-0.05, 0) is 25.8 Å². The monoisotopic (exact) mass is 214 g/mol. The first-order valence-electron chi connectivity index (χ1n) is 5.79. The molecule has 4 heteroatoms. The van der Waals surface area contributed by atoms with Crippen LogP contribution in [-0.4, -0.2) is 43.2 Å². The molecule has 0 aliphatic carbocycles. The van der Waals surface area contributed by atoms with E-state index in [4.69, 9.17) is 10.5 Å². The van der Waals surface area contributed by atoms with E-state index in [1.54, 1.807) is 0 Å². The van der Waals surface area contributed by atoms with Gasteiger partial charge < -0.3 is 15.4 Å². The van der Waals surface area contributed by atoms with Gasteiger partial charge in [0.25, 0.3) is 0 Å². The quantitative estimate of drug-likeness (QED) is 0.697. The van der Waals surface area contributed by atoms with Crippen molar-refractivity contribution in [1.82, 2.24) is 4.90 Å². The molecule has 0 radical (unpaired) electrons. The van der Waals surface area contributed by atoms with Crippen LogP contribution in [0.1, 0.15) is 26.7 Å². The molecule has 88 valence electrons. The molecule has 0 aromatic rings. The summed E-state index contributed by atoms with van der Waals surface area (Å²) in [6.07, 6.45) is 1.45. The Morgan fingerprint density at radius 1 is 1.47 bits per heavy atom. The van der Waals surface area contributed by atoms with Crippen LogP contribution in [0.3, 0.4) is 0 Å². The third kappa shape index (κ3) is 4.18. The predicted octanol–water partition coefficient (Wildman–Crippen LogP) is 0.609. The molecule has 4 nitrogen and oxygen atoms in total. The number of nitrogens with zero attached hydrogens (tertiary/aromatic N) is 1. The van der Waals surface area contributed by atoms with Crippen LogP contribution in [0.2, 0.25) is 0 Å². The van der Waals surface area contributed by atoms with Crippen molar-refractivity contribution in [2.24, 2.45) is 11.7 Å². The standard InChI is InChI=1S/C11H22N2O2/c1-3-13-7-9(5-10(12)8-13)6-11(14)15-4-2/h9-10H,3-8,12H2,1-2H3. The fraction of sp³-hybridized carbons (Fsp3) is 0.909. The number of likely N-dealkylation sites (N-methyl/N-ethyl adjacent to an activating group) is 1. The van der Waals surface area contributed by atoms with Crippen LogP contribution in [0.15, 0.2) is 0 Å². The Hall–Kier alpha value is -0.610. The molecule has 15 heavy (non-hydrogen) atoms. The van der Waals surface area contributed by atoms with Gasteiger partial charge in [-0.25, -0.2) is 0 Å². The van der Waals surface area contributed by atoms with Crippen LogP contribution in [0.5, 0.6) is 0 Å². The molecule has 0 spiro atoms. The molecule has 2 N–H and O–H groups in total. The Morgan fingerprint density at radius 3 is 2.80 bits per heavy atom. The van der Waals surface area contributed by atoms with Crippen molar-refractivity contribution in [2.75, 3.05) is 26.2 Å². The van der Waals surface area contributed by atoms with Crippen molar-refractivity contribution in [2.45, 2.75) is 32.7 Å². The van der Waals surface area contributed by atoms with Crippen LogP contribution in [0.25, 0.3) is 0 Å². The number of piperidine rings is 1. The van der Waals surface area contributed by atoms with Gasteiger partial charge in [-0.2, -0.15) is 0 Å². The molecule has 0 amide bonds. The second-order valence-electron chi connectivity index (χ2n) is 4.22. The molecule has 1 aliphatic rings. The molecule has 0 bridgehead atoms. The van der Waals surface area contributed by atoms with E-state index in [1.807, 2.05) is 6.92 Å². The average Bonchev–Trinajstić information content (AvgIpc) is 2.17. The topological polar surface area (TPSA) is 55.6 Å². The smallest absolute Gasteiger partial charge is 0.306 e. The van der Waals surface area contributed by atoms with Crippen molar-refractivity contribution in [3.8, 4) is 0 Å². The van der Waals surface area contributed by atoms with E-state index in [0.29, 0.717) is 18.9 Å². The maximum Gasteiger partial charge on any atom is 0.306 e. The first kappa shape index (κ1) is 12.5. The van der Waals surface area contributed by atoms with Crippen LogP contribution in [0, 0.1) is 5.92 Å². The first-order valence-corrected chi connectivity index (χ1v) is 5.79. The summed E-state index contributed by atoms with van der Waals surface area (Å²) < 4.78 is 4.95. The molecule has 2 unspecified atom stereocenters. The highest BCUT2D eigenvalue weighted by Crippen LogP contribution is 2.19. The summed E-state index contributed by atoms with van der Waals surface area (Å²) in [6, 6.07) is 0.207. The van der Waals surface area contributed by atoms with E-state index in [0.717, 1.165) is 26.1 Å². The average molecular weight is 214 g/mol. The van der Waals surface area contributed by atoms with Gasteiger partial charge in [0.1, 0.15) is 0 Å². The van der Waals surface area contributed by atoms with Crippen LogP contribution in [0.4, 0.5) is 0 Å². The summed E-state index contributed by atoms with van der Waals surface area (Å²) in [6.45, 7) is 7.36. The minimum atomic E-state index is -0.0901. The fourth-order valence-electron chi connectivity index (χ4n) is 2.21. The van der Waals surface area contributed by atoms with Crippen LogP contribution in [-0.2, 0) is 9.53 Å². The number of carbonyl (C=O) groups is 1. The Balaban J connectivity index is 2.37. The molecule has 1 heterocycles. The lowest BCUT2D eigenvalue weighted by molar-refractivity contribution is -0.144.